The molecule has 58 heavy (non-hydrogen) atoms. The molecule has 0 fully saturated rings. The van der Waals surface area contributed by atoms with Gasteiger partial charge in [0, 0.05) is 32.7 Å². The number of fused-ring (bicyclic) bond motifs is 11. The Hall–Kier alpha value is -6.84. The Bertz CT molecular complexity index is 3260. The second-order valence-electron chi connectivity index (χ2n) is 16.7. The van der Waals surface area contributed by atoms with Gasteiger partial charge < -0.3 is 4.42 Å². The molecule has 0 saturated carbocycles. The van der Waals surface area contributed by atoms with Crippen molar-refractivity contribution in [2.45, 2.75) is 44.9 Å². The van der Waals surface area contributed by atoms with Crippen LogP contribution in [-0.4, -0.2) is 9.97 Å². The second kappa shape index (κ2) is 12.6. The molecule has 0 radical (unpaired) electrons. The van der Waals surface area contributed by atoms with Crippen LogP contribution < -0.4 is 0 Å². The van der Waals surface area contributed by atoms with Crippen LogP contribution in [0.3, 0.4) is 0 Å². The standard InChI is InChI=1S/C55H40N2O/c1-55(2)48-30-38(33-18-20-34(21-19-33)50-32-56-53-45-15-5-3-12-40(45)41-13-4-6-16-46(41)54(53)57-50)22-25-42(48)43-26-23-39(31-49(43)55)36-11-9-10-35(28-36)37-24-27-52-47(29-37)44-14-7-8-17-51(44)58-52/h3-6,8-13,15-21,23-24,26-32H,7,14,22,25H2,1-2H3. The van der Waals surface area contributed by atoms with Gasteiger partial charge in [-0.3, -0.25) is 4.98 Å². The number of hydrogen-bond acceptors (Lipinski definition) is 3. The van der Waals surface area contributed by atoms with E-state index in [1.165, 1.54) is 77.4 Å². The van der Waals surface area contributed by atoms with Crippen LogP contribution in [0.1, 0.15) is 61.1 Å². The molecule has 0 unspecified atom stereocenters. The van der Waals surface area contributed by atoms with E-state index in [4.69, 9.17) is 14.4 Å². The number of benzene rings is 7. The SMILES string of the molecule is CC1(C)C2=C(CCC(c3ccc(-c4cnc5c6ccccc6c6ccccc6c5n4)cc3)=C2)c2ccc(-c3cccc(-c4ccc5oc6c(c5c4)CCC=C6)c3)cc21. The topological polar surface area (TPSA) is 38.9 Å². The van der Waals surface area contributed by atoms with Gasteiger partial charge in [-0.2, -0.15) is 0 Å². The minimum Gasteiger partial charge on any atom is -0.456 e. The summed E-state index contributed by atoms with van der Waals surface area (Å²) in [5, 5.41) is 5.94. The quantitative estimate of drug-likeness (QED) is 0.168. The summed E-state index contributed by atoms with van der Waals surface area (Å²) in [6, 6.07) is 48.9. The molecule has 0 atom stereocenters. The number of allylic oxidation sites excluding steroid dienone is 5. The molecule has 3 aliphatic carbocycles. The second-order valence-corrected chi connectivity index (χ2v) is 16.7. The molecule has 9 aromatic rings. The van der Waals surface area contributed by atoms with E-state index in [0.717, 1.165) is 70.1 Å². The molecule has 2 aromatic heterocycles. The maximum Gasteiger partial charge on any atom is 0.135 e. The van der Waals surface area contributed by atoms with Crippen LogP contribution in [-0.2, 0) is 11.8 Å². The Morgan fingerprint density at radius 3 is 2.03 bits per heavy atom. The molecule has 3 aliphatic rings. The Balaban J connectivity index is 0.841. The van der Waals surface area contributed by atoms with Crippen molar-refractivity contribution in [3.8, 4) is 33.5 Å². The minimum atomic E-state index is -0.0998. The first-order valence-corrected chi connectivity index (χ1v) is 20.6. The lowest BCUT2D eigenvalue weighted by Gasteiger charge is -2.26. The number of furan rings is 1. The summed E-state index contributed by atoms with van der Waals surface area (Å²) >= 11 is 0. The number of hydrogen-bond donors (Lipinski definition) is 0. The van der Waals surface area contributed by atoms with E-state index >= 15 is 0 Å². The van der Waals surface area contributed by atoms with Gasteiger partial charge in [0.2, 0.25) is 0 Å². The Labute approximate surface area is 337 Å². The molecule has 2 heterocycles. The highest BCUT2D eigenvalue weighted by Gasteiger charge is 2.38. The summed E-state index contributed by atoms with van der Waals surface area (Å²) in [4.78, 5) is 10.2. The highest BCUT2D eigenvalue weighted by molar-refractivity contribution is 6.23. The maximum absolute atomic E-state index is 6.16. The summed E-state index contributed by atoms with van der Waals surface area (Å²) in [6.07, 6.45) is 12.9. The molecular formula is C55H40N2O. The fourth-order valence-electron chi connectivity index (χ4n) is 10.1. The van der Waals surface area contributed by atoms with Crippen molar-refractivity contribution in [3.05, 3.63) is 185 Å². The third-order valence-electron chi connectivity index (χ3n) is 13.1. The lowest BCUT2D eigenvalue weighted by Crippen LogP contribution is -2.17. The predicted molar refractivity (Wildman–Crippen MR) is 242 cm³/mol. The third kappa shape index (κ3) is 5.06. The highest BCUT2D eigenvalue weighted by Crippen LogP contribution is 2.53. The number of aryl methyl sites for hydroxylation is 1. The van der Waals surface area contributed by atoms with Gasteiger partial charge in [-0.15, -0.1) is 0 Å². The third-order valence-corrected chi connectivity index (χ3v) is 13.1. The van der Waals surface area contributed by atoms with Gasteiger partial charge in [0.15, 0.2) is 0 Å². The van der Waals surface area contributed by atoms with Crippen LogP contribution in [0.4, 0.5) is 0 Å². The highest BCUT2D eigenvalue weighted by atomic mass is 16.3. The van der Waals surface area contributed by atoms with Gasteiger partial charge in [0.05, 0.1) is 22.9 Å². The average molecular weight is 745 g/mol. The Morgan fingerprint density at radius 2 is 1.24 bits per heavy atom. The van der Waals surface area contributed by atoms with Crippen LogP contribution in [0.25, 0.3) is 94.3 Å². The first kappa shape index (κ1) is 33.3. The molecule has 0 aliphatic heterocycles. The molecule has 0 amide bonds. The zero-order chi connectivity index (χ0) is 38.5. The van der Waals surface area contributed by atoms with Gasteiger partial charge in [0.25, 0.3) is 0 Å². The van der Waals surface area contributed by atoms with Gasteiger partial charge >= 0.3 is 0 Å². The van der Waals surface area contributed by atoms with Crippen molar-refractivity contribution in [1.82, 2.24) is 9.97 Å². The zero-order valence-electron chi connectivity index (χ0n) is 32.6. The molecule has 0 bridgehead atoms. The number of aromatic nitrogens is 2. The van der Waals surface area contributed by atoms with Crippen molar-refractivity contribution in [2.75, 3.05) is 0 Å². The van der Waals surface area contributed by atoms with Crippen molar-refractivity contribution in [1.29, 1.82) is 0 Å². The van der Waals surface area contributed by atoms with Crippen LogP contribution in [0.15, 0.2) is 162 Å². The van der Waals surface area contributed by atoms with Crippen LogP contribution >= 0.6 is 0 Å². The predicted octanol–water partition coefficient (Wildman–Crippen LogP) is 14.6. The maximum atomic E-state index is 6.16. The largest absolute Gasteiger partial charge is 0.456 e. The van der Waals surface area contributed by atoms with Crippen molar-refractivity contribution in [3.63, 3.8) is 0 Å². The molecule has 276 valence electrons. The van der Waals surface area contributed by atoms with Crippen LogP contribution in [0.2, 0.25) is 0 Å². The number of rotatable bonds is 4. The van der Waals surface area contributed by atoms with E-state index in [2.05, 4.69) is 166 Å². The summed E-state index contributed by atoms with van der Waals surface area (Å²) < 4.78 is 6.16. The molecule has 0 N–H and O–H groups in total. The van der Waals surface area contributed by atoms with E-state index in [1.54, 1.807) is 0 Å². The fourth-order valence-corrected chi connectivity index (χ4v) is 10.1. The first-order chi connectivity index (χ1) is 28.5. The molecule has 0 saturated heterocycles. The van der Waals surface area contributed by atoms with E-state index in [9.17, 15) is 0 Å². The summed E-state index contributed by atoms with van der Waals surface area (Å²) in [6.45, 7) is 4.80. The lowest BCUT2D eigenvalue weighted by atomic mass is 9.77. The number of nitrogens with zero attached hydrogens (tertiary/aromatic N) is 2. The molecule has 3 nitrogen and oxygen atoms in total. The molecule has 0 spiro atoms. The molecule has 3 heteroatoms. The summed E-state index contributed by atoms with van der Waals surface area (Å²) in [5.74, 6) is 1.01. The van der Waals surface area contributed by atoms with Gasteiger partial charge in [-0.1, -0.05) is 135 Å². The summed E-state index contributed by atoms with van der Waals surface area (Å²) in [7, 11) is 0. The normalized spacial score (nSPS) is 15.6. The van der Waals surface area contributed by atoms with Crippen LogP contribution in [0, 0.1) is 0 Å². The van der Waals surface area contributed by atoms with E-state index in [1.807, 2.05) is 6.20 Å². The average Bonchev–Trinajstić information content (AvgIpc) is 3.77. The van der Waals surface area contributed by atoms with E-state index in [0.29, 0.717) is 0 Å². The smallest absolute Gasteiger partial charge is 0.135 e. The van der Waals surface area contributed by atoms with Gasteiger partial charge in [0.1, 0.15) is 11.3 Å². The van der Waals surface area contributed by atoms with Crippen molar-refractivity contribution in [2.24, 2.45) is 0 Å². The Morgan fingerprint density at radius 1 is 0.569 bits per heavy atom. The lowest BCUT2D eigenvalue weighted by molar-refractivity contribution is 0.595. The first-order valence-electron chi connectivity index (χ1n) is 20.6. The van der Waals surface area contributed by atoms with E-state index < -0.39 is 0 Å². The Kier molecular flexibility index (Phi) is 7.23. The van der Waals surface area contributed by atoms with Crippen molar-refractivity contribution >= 4 is 60.8 Å². The molecular weight excluding hydrogens is 705 g/mol. The van der Waals surface area contributed by atoms with E-state index in [-0.39, 0.29) is 5.41 Å². The zero-order valence-corrected chi connectivity index (χ0v) is 32.6. The fraction of sp³-hybridized carbons (Fsp3) is 0.127. The monoisotopic (exact) mass is 744 g/mol. The minimum absolute atomic E-state index is 0.0998. The molecule has 12 rings (SSSR count). The van der Waals surface area contributed by atoms with Crippen LogP contribution in [0.5, 0.6) is 0 Å². The molecule has 7 aromatic carbocycles. The van der Waals surface area contributed by atoms with Gasteiger partial charge in [-0.25, -0.2) is 4.98 Å². The van der Waals surface area contributed by atoms with Crippen molar-refractivity contribution < 1.29 is 4.42 Å². The van der Waals surface area contributed by atoms with Gasteiger partial charge in [-0.05, 0) is 122 Å². The summed E-state index contributed by atoms with van der Waals surface area (Å²) in [5.41, 5.74) is 19.5.